The molecule has 0 saturated carbocycles. The molecule has 0 radical (unpaired) electrons. The van der Waals surface area contributed by atoms with Crippen LogP contribution in [0, 0.1) is 0 Å². The van der Waals surface area contributed by atoms with E-state index in [9.17, 15) is 14.7 Å². The van der Waals surface area contributed by atoms with E-state index in [1.165, 1.54) is 10.4 Å². The van der Waals surface area contributed by atoms with Gasteiger partial charge in [0.2, 0.25) is 0 Å². The van der Waals surface area contributed by atoms with Crippen LogP contribution in [0.4, 0.5) is 4.79 Å². The minimum Gasteiger partial charge on any atom is -0.480 e. The van der Waals surface area contributed by atoms with Gasteiger partial charge in [-0.2, -0.15) is 0 Å². The summed E-state index contributed by atoms with van der Waals surface area (Å²) >= 11 is 1.72. The Bertz CT molecular complexity index is 892. The minimum atomic E-state index is -1.10. The summed E-state index contributed by atoms with van der Waals surface area (Å²) in [6.07, 6.45) is 0.327. The van der Waals surface area contributed by atoms with E-state index in [4.69, 9.17) is 4.74 Å². The first-order chi connectivity index (χ1) is 13.6. The maximum Gasteiger partial charge on any atom is 0.408 e. The van der Waals surface area contributed by atoms with Gasteiger partial charge in [0.05, 0.1) is 0 Å². The highest BCUT2D eigenvalue weighted by molar-refractivity contribution is 7.09. The number of ether oxygens (including phenoxy) is 1. The van der Waals surface area contributed by atoms with Gasteiger partial charge in [0, 0.05) is 17.7 Å². The first-order valence-electron chi connectivity index (χ1n) is 8.90. The summed E-state index contributed by atoms with van der Waals surface area (Å²) < 4.78 is 5.18. The fourth-order valence-corrected chi connectivity index (χ4v) is 3.49. The van der Waals surface area contributed by atoms with Crippen LogP contribution in [0.15, 0.2) is 72.1 Å². The molecule has 0 bridgehead atoms. The maximum absolute atomic E-state index is 12.0. The molecule has 1 unspecified atom stereocenters. The third kappa shape index (κ3) is 5.96. The van der Waals surface area contributed by atoms with Gasteiger partial charge in [0.1, 0.15) is 12.6 Å². The number of hydrogen-bond donors (Lipinski definition) is 2. The predicted octanol–water partition coefficient (Wildman–Crippen LogP) is 4.26. The van der Waals surface area contributed by atoms with Crippen LogP contribution >= 0.6 is 11.3 Å². The lowest BCUT2D eigenvalue weighted by Gasteiger charge is -2.15. The summed E-state index contributed by atoms with van der Waals surface area (Å²) in [7, 11) is 0. The van der Waals surface area contributed by atoms with Crippen molar-refractivity contribution < 1.29 is 19.4 Å². The number of alkyl carbamates (subject to hydrolysis) is 1. The van der Waals surface area contributed by atoms with Gasteiger partial charge in [-0.3, -0.25) is 0 Å². The average Bonchev–Trinajstić information content (AvgIpc) is 3.21. The highest BCUT2D eigenvalue weighted by Crippen LogP contribution is 2.15. The van der Waals surface area contributed by atoms with Crippen molar-refractivity contribution in [3.8, 4) is 0 Å². The monoisotopic (exact) mass is 395 g/mol. The molecule has 0 aliphatic carbocycles. The molecule has 3 rings (SSSR count). The third-order valence-electron chi connectivity index (χ3n) is 4.22. The topological polar surface area (TPSA) is 75.6 Å². The molecule has 0 aliphatic heterocycles. The summed E-state index contributed by atoms with van der Waals surface area (Å²) in [5.74, 6) is -1.10. The number of carbonyl (C=O) groups excluding carboxylic acids is 1. The fourth-order valence-electron chi connectivity index (χ4n) is 2.75. The van der Waals surface area contributed by atoms with E-state index in [-0.39, 0.29) is 13.0 Å². The Morgan fingerprint density at radius 2 is 1.64 bits per heavy atom. The van der Waals surface area contributed by atoms with Crippen molar-refractivity contribution >= 4 is 23.4 Å². The molecule has 3 aromatic rings. The van der Waals surface area contributed by atoms with Crippen molar-refractivity contribution in [1.82, 2.24) is 5.32 Å². The number of rotatable bonds is 8. The van der Waals surface area contributed by atoms with Crippen LogP contribution in [0.5, 0.6) is 0 Å². The smallest absolute Gasteiger partial charge is 0.408 e. The van der Waals surface area contributed by atoms with Gasteiger partial charge < -0.3 is 15.2 Å². The van der Waals surface area contributed by atoms with Gasteiger partial charge in [-0.15, -0.1) is 11.3 Å². The number of amides is 1. The van der Waals surface area contributed by atoms with Crippen molar-refractivity contribution in [1.29, 1.82) is 0 Å². The van der Waals surface area contributed by atoms with Crippen LogP contribution in [0.25, 0.3) is 0 Å². The zero-order valence-electron chi connectivity index (χ0n) is 15.2. The van der Waals surface area contributed by atoms with E-state index in [1.807, 2.05) is 60.7 Å². The summed E-state index contributed by atoms with van der Waals surface area (Å²) in [4.78, 5) is 24.7. The number of thiophene rings is 1. The van der Waals surface area contributed by atoms with Gasteiger partial charge in [-0.05, 0) is 28.1 Å². The third-order valence-corrected chi connectivity index (χ3v) is 5.10. The average molecular weight is 395 g/mol. The van der Waals surface area contributed by atoms with Crippen molar-refractivity contribution in [2.24, 2.45) is 0 Å². The number of hydrogen-bond acceptors (Lipinski definition) is 4. The van der Waals surface area contributed by atoms with E-state index >= 15 is 0 Å². The van der Waals surface area contributed by atoms with Crippen molar-refractivity contribution in [3.05, 3.63) is 93.7 Å². The van der Waals surface area contributed by atoms with Gasteiger partial charge in [0.15, 0.2) is 0 Å². The van der Waals surface area contributed by atoms with Gasteiger partial charge in [-0.25, -0.2) is 9.59 Å². The Labute approximate surface area is 167 Å². The van der Waals surface area contributed by atoms with E-state index in [0.29, 0.717) is 0 Å². The molecular formula is C22H21NO4S. The van der Waals surface area contributed by atoms with E-state index in [0.717, 1.165) is 17.5 Å². The largest absolute Gasteiger partial charge is 0.480 e. The molecule has 28 heavy (non-hydrogen) atoms. The van der Waals surface area contributed by atoms with E-state index in [2.05, 4.69) is 16.8 Å². The second-order valence-electron chi connectivity index (χ2n) is 6.37. The quantitative estimate of drug-likeness (QED) is 0.598. The molecule has 1 amide bonds. The Morgan fingerprint density at radius 1 is 0.929 bits per heavy atom. The predicted molar refractivity (Wildman–Crippen MR) is 108 cm³/mol. The standard InChI is InChI=1S/C22H21NO4S/c24-21(25)20(14-16-5-2-1-3-6-16)23-22(26)27-15-18-10-8-17(9-11-18)13-19-7-4-12-28-19/h1-12,20H,13-15H2,(H,23,26)(H,24,25). The number of carboxylic acids is 1. The van der Waals surface area contributed by atoms with Crippen LogP contribution < -0.4 is 5.32 Å². The molecule has 0 spiro atoms. The first-order valence-corrected chi connectivity index (χ1v) is 9.78. The number of carbonyl (C=O) groups is 2. The Balaban J connectivity index is 1.49. The second kappa shape index (κ2) is 9.71. The normalized spacial score (nSPS) is 11.6. The molecule has 6 heteroatoms. The molecule has 0 aliphatic rings. The maximum atomic E-state index is 12.0. The molecule has 1 atom stereocenters. The molecule has 144 valence electrons. The van der Waals surface area contributed by atoms with Crippen LogP contribution in [0.1, 0.15) is 21.6 Å². The molecule has 0 saturated heterocycles. The lowest BCUT2D eigenvalue weighted by Crippen LogP contribution is -2.42. The van der Waals surface area contributed by atoms with Crippen molar-refractivity contribution in [2.45, 2.75) is 25.5 Å². The van der Waals surface area contributed by atoms with Gasteiger partial charge in [-0.1, -0.05) is 60.7 Å². The number of carboxylic acid groups (broad SMARTS) is 1. The van der Waals surface area contributed by atoms with E-state index < -0.39 is 18.1 Å². The van der Waals surface area contributed by atoms with Crippen LogP contribution in [-0.2, 0) is 29.0 Å². The lowest BCUT2D eigenvalue weighted by atomic mass is 10.1. The minimum absolute atomic E-state index is 0.0861. The molecule has 5 nitrogen and oxygen atoms in total. The molecule has 2 N–H and O–H groups in total. The fraction of sp³-hybridized carbons (Fsp3) is 0.182. The molecular weight excluding hydrogens is 374 g/mol. The number of aliphatic carboxylic acids is 1. The molecule has 0 fully saturated rings. The van der Waals surface area contributed by atoms with Gasteiger partial charge >= 0.3 is 12.1 Å². The lowest BCUT2D eigenvalue weighted by molar-refractivity contribution is -0.139. The zero-order valence-corrected chi connectivity index (χ0v) is 16.0. The first kappa shape index (κ1) is 19.6. The van der Waals surface area contributed by atoms with Crippen molar-refractivity contribution in [2.75, 3.05) is 0 Å². The number of benzene rings is 2. The number of nitrogens with one attached hydrogen (secondary N) is 1. The van der Waals surface area contributed by atoms with Crippen molar-refractivity contribution in [3.63, 3.8) is 0 Å². The molecule has 2 aromatic carbocycles. The highest BCUT2D eigenvalue weighted by atomic mass is 32.1. The van der Waals surface area contributed by atoms with Crippen LogP contribution in [0.2, 0.25) is 0 Å². The zero-order chi connectivity index (χ0) is 19.8. The summed E-state index contributed by atoms with van der Waals surface area (Å²) in [5.41, 5.74) is 2.86. The molecule has 1 heterocycles. The van der Waals surface area contributed by atoms with Crippen LogP contribution in [0.3, 0.4) is 0 Å². The Hall–Kier alpha value is -3.12. The van der Waals surface area contributed by atoms with Crippen LogP contribution in [-0.4, -0.2) is 23.2 Å². The summed E-state index contributed by atoms with van der Waals surface area (Å²) in [6, 6.07) is 20.1. The highest BCUT2D eigenvalue weighted by Gasteiger charge is 2.21. The second-order valence-corrected chi connectivity index (χ2v) is 7.41. The Kier molecular flexibility index (Phi) is 6.81. The molecule has 1 aromatic heterocycles. The summed E-state index contributed by atoms with van der Waals surface area (Å²) in [5, 5.41) is 13.8. The SMILES string of the molecule is O=C(NC(Cc1ccccc1)C(=O)O)OCc1ccc(Cc2cccs2)cc1. The van der Waals surface area contributed by atoms with Gasteiger partial charge in [0.25, 0.3) is 0 Å². The summed E-state index contributed by atoms with van der Waals surface area (Å²) in [6.45, 7) is 0.0861. The van der Waals surface area contributed by atoms with E-state index in [1.54, 1.807) is 11.3 Å². The Morgan fingerprint density at radius 3 is 2.29 bits per heavy atom.